The zero-order valence-corrected chi connectivity index (χ0v) is 11.7. The predicted molar refractivity (Wildman–Crippen MR) is 75.7 cm³/mol. The molecule has 2 fully saturated rings. The summed E-state index contributed by atoms with van der Waals surface area (Å²) in [6.45, 7) is 0.379. The number of carbonyl (C=O) groups is 2. The summed E-state index contributed by atoms with van der Waals surface area (Å²) in [6.07, 6.45) is 2.40. The van der Waals surface area contributed by atoms with E-state index in [0.717, 1.165) is 6.42 Å². The van der Waals surface area contributed by atoms with Crippen molar-refractivity contribution in [3.63, 3.8) is 0 Å². The Morgan fingerprint density at radius 1 is 1.38 bits per heavy atom. The Bertz CT molecular complexity index is 544. The molecule has 2 saturated heterocycles. The number of benzene rings is 1. The molecule has 3 rings (SSSR count). The fraction of sp³-hybridized carbons (Fsp3) is 0.500. The molecule has 5 heteroatoms. The molecule has 2 aliphatic rings. The van der Waals surface area contributed by atoms with Gasteiger partial charge in [0.25, 0.3) is 0 Å². The maximum atomic E-state index is 11.9. The highest BCUT2D eigenvalue weighted by atomic mass is 16.5. The van der Waals surface area contributed by atoms with Gasteiger partial charge in [0.2, 0.25) is 0 Å². The molecule has 2 aliphatic heterocycles. The van der Waals surface area contributed by atoms with Crippen molar-refractivity contribution in [3.05, 3.63) is 35.9 Å². The smallest absolute Gasteiger partial charge is 0.326 e. The first kappa shape index (κ1) is 14.1. The van der Waals surface area contributed by atoms with Gasteiger partial charge in [0.1, 0.15) is 5.54 Å². The average Bonchev–Trinajstić information content (AvgIpc) is 3.03. The zero-order valence-electron chi connectivity index (χ0n) is 11.7. The van der Waals surface area contributed by atoms with Crippen LogP contribution in [0.15, 0.2) is 30.3 Å². The van der Waals surface area contributed by atoms with Crippen LogP contribution in [0.5, 0.6) is 0 Å². The highest BCUT2D eigenvalue weighted by Gasteiger charge is 2.55. The summed E-state index contributed by atoms with van der Waals surface area (Å²) in [4.78, 5) is 23.4. The number of aryl methyl sites for hydroxylation is 1. The predicted octanol–water partition coefficient (Wildman–Crippen LogP) is 1.37. The topological polar surface area (TPSA) is 75.6 Å². The largest absolute Gasteiger partial charge is 0.481 e. The van der Waals surface area contributed by atoms with Crippen molar-refractivity contribution in [2.75, 3.05) is 6.61 Å². The number of cyclic esters (lactones) is 1. The van der Waals surface area contributed by atoms with Crippen molar-refractivity contribution >= 4 is 11.9 Å². The van der Waals surface area contributed by atoms with E-state index in [4.69, 9.17) is 4.74 Å². The third kappa shape index (κ3) is 2.65. The van der Waals surface area contributed by atoms with Gasteiger partial charge >= 0.3 is 11.9 Å². The fourth-order valence-electron chi connectivity index (χ4n) is 3.41. The maximum absolute atomic E-state index is 11.9. The third-order valence-corrected chi connectivity index (χ3v) is 4.57. The summed E-state index contributed by atoms with van der Waals surface area (Å²) >= 11 is 0. The van der Waals surface area contributed by atoms with E-state index in [2.05, 4.69) is 5.32 Å². The van der Waals surface area contributed by atoms with E-state index < -0.39 is 17.4 Å². The molecule has 0 bridgehead atoms. The SMILES string of the molecule is O=C(O)[C@@H]1C[C@@]2(CCOC2=O)N[C@@H]1CCc1ccccc1. The Morgan fingerprint density at radius 2 is 2.14 bits per heavy atom. The molecule has 0 saturated carbocycles. The molecule has 0 radical (unpaired) electrons. The Balaban J connectivity index is 1.71. The van der Waals surface area contributed by atoms with Crippen molar-refractivity contribution < 1.29 is 19.4 Å². The molecule has 2 heterocycles. The molecule has 1 aromatic rings. The number of carbonyl (C=O) groups excluding carboxylic acids is 1. The van der Waals surface area contributed by atoms with Gasteiger partial charge in [-0.2, -0.15) is 0 Å². The Hall–Kier alpha value is -1.88. The molecule has 1 spiro atoms. The minimum Gasteiger partial charge on any atom is -0.481 e. The maximum Gasteiger partial charge on any atom is 0.326 e. The van der Waals surface area contributed by atoms with Gasteiger partial charge in [-0.1, -0.05) is 30.3 Å². The standard InChI is InChI=1S/C16H19NO4/c18-14(19)12-10-16(8-9-21-15(16)20)17-13(12)7-6-11-4-2-1-3-5-11/h1-5,12-13,17H,6-10H2,(H,18,19)/t12-,13-,16-/m1/s1. The van der Waals surface area contributed by atoms with Gasteiger partial charge < -0.3 is 9.84 Å². The molecular weight excluding hydrogens is 270 g/mol. The molecule has 0 aliphatic carbocycles. The van der Waals surface area contributed by atoms with Crippen molar-refractivity contribution in [2.24, 2.45) is 5.92 Å². The van der Waals surface area contributed by atoms with Gasteiger partial charge in [-0.05, 0) is 24.8 Å². The lowest BCUT2D eigenvalue weighted by Crippen LogP contribution is -2.47. The van der Waals surface area contributed by atoms with E-state index in [1.165, 1.54) is 5.56 Å². The van der Waals surface area contributed by atoms with Crippen LogP contribution in [0.4, 0.5) is 0 Å². The number of nitrogens with one attached hydrogen (secondary N) is 1. The molecule has 0 aromatic heterocycles. The van der Waals surface area contributed by atoms with Crippen molar-refractivity contribution in [2.45, 2.75) is 37.3 Å². The van der Waals surface area contributed by atoms with Gasteiger partial charge in [0, 0.05) is 12.5 Å². The van der Waals surface area contributed by atoms with Crippen LogP contribution >= 0.6 is 0 Å². The van der Waals surface area contributed by atoms with Crippen LogP contribution in [0.2, 0.25) is 0 Å². The number of aliphatic carboxylic acids is 1. The van der Waals surface area contributed by atoms with Crippen LogP contribution in [0.3, 0.4) is 0 Å². The molecule has 3 atom stereocenters. The molecular formula is C16H19NO4. The number of ether oxygens (including phenoxy) is 1. The van der Waals surface area contributed by atoms with Crippen LogP contribution < -0.4 is 5.32 Å². The lowest BCUT2D eigenvalue weighted by atomic mass is 9.89. The van der Waals surface area contributed by atoms with Gasteiger partial charge in [-0.3, -0.25) is 14.9 Å². The normalized spacial score (nSPS) is 31.5. The molecule has 21 heavy (non-hydrogen) atoms. The second-order valence-corrected chi connectivity index (χ2v) is 5.89. The highest BCUT2D eigenvalue weighted by Crippen LogP contribution is 2.37. The monoisotopic (exact) mass is 289 g/mol. The van der Waals surface area contributed by atoms with Gasteiger partial charge in [0.05, 0.1) is 12.5 Å². The molecule has 5 nitrogen and oxygen atoms in total. The number of hydrogen-bond acceptors (Lipinski definition) is 4. The minimum atomic E-state index is -0.836. The highest BCUT2D eigenvalue weighted by molar-refractivity contribution is 5.85. The first-order valence-corrected chi connectivity index (χ1v) is 7.32. The second-order valence-electron chi connectivity index (χ2n) is 5.89. The average molecular weight is 289 g/mol. The Morgan fingerprint density at radius 3 is 2.76 bits per heavy atom. The summed E-state index contributed by atoms with van der Waals surface area (Å²) < 4.78 is 5.04. The van der Waals surface area contributed by atoms with E-state index >= 15 is 0 Å². The molecule has 0 unspecified atom stereocenters. The summed E-state index contributed by atoms with van der Waals surface area (Å²) in [5.41, 5.74) is 0.406. The number of carboxylic acid groups (broad SMARTS) is 1. The Labute approximate surface area is 123 Å². The summed E-state index contributed by atoms with van der Waals surface area (Å²) in [5, 5.41) is 12.7. The zero-order chi connectivity index (χ0) is 14.9. The number of carboxylic acids is 1. The van der Waals surface area contributed by atoms with Crippen molar-refractivity contribution in [1.82, 2.24) is 5.32 Å². The van der Waals surface area contributed by atoms with Crippen LogP contribution in [0.25, 0.3) is 0 Å². The summed E-state index contributed by atoms with van der Waals surface area (Å²) in [7, 11) is 0. The molecule has 0 amide bonds. The van der Waals surface area contributed by atoms with Crippen molar-refractivity contribution in [1.29, 1.82) is 0 Å². The number of esters is 1. The molecule has 112 valence electrons. The summed E-state index contributed by atoms with van der Waals surface area (Å²) in [6, 6.07) is 9.78. The van der Waals surface area contributed by atoms with E-state index in [1.54, 1.807) is 0 Å². The first-order valence-electron chi connectivity index (χ1n) is 7.32. The fourth-order valence-corrected chi connectivity index (χ4v) is 3.41. The Kier molecular flexibility index (Phi) is 3.68. The van der Waals surface area contributed by atoms with Gasteiger partial charge in [-0.25, -0.2) is 0 Å². The third-order valence-electron chi connectivity index (χ3n) is 4.57. The van der Waals surface area contributed by atoms with E-state index in [1.807, 2.05) is 30.3 Å². The van der Waals surface area contributed by atoms with Gasteiger partial charge in [-0.15, -0.1) is 0 Å². The quantitative estimate of drug-likeness (QED) is 0.819. The lowest BCUT2D eigenvalue weighted by Gasteiger charge is -2.20. The summed E-state index contributed by atoms with van der Waals surface area (Å²) in [5.74, 6) is -1.66. The van der Waals surface area contributed by atoms with Crippen molar-refractivity contribution in [3.8, 4) is 0 Å². The minimum absolute atomic E-state index is 0.187. The van der Waals surface area contributed by atoms with Crippen LogP contribution in [0, 0.1) is 5.92 Å². The van der Waals surface area contributed by atoms with E-state index in [9.17, 15) is 14.7 Å². The van der Waals surface area contributed by atoms with Crippen LogP contribution in [-0.4, -0.2) is 35.2 Å². The molecule has 1 aromatic carbocycles. The molecule has 2 N–H and O–H groups in total. The van der Waals surface area contributed by atoms with E-state index in [-0.39, 0.29) is 12.0 Å². The number of rotatable bonds is 4. The van der Waals surface area contributed by atoms with Gasteiger partial charge in [0.15, 0.2) is 0 Å². The van der Waals surface area contributed by atoms with Crippen LogP contribution in [-0.2, 0) is 20.7 Å². The first-order chi connectivity index (χ1) is 10.1. The number of hydrogen-bond donors (Lipinski definition) is 2. The lowest BCUT2D eigenvalue weighted by molar-refractivity contribution is -0.143. The van der Waals surface area contributed by atoms with E-state index in [0.29, 0.717) is 25.9 Å². The second kappa shape index (κ2) is 5.48. The van der Waals surface area contributed by atoms with Crippen LogP contribution in [0.1, 0.15) is 24.8 Å².